The molecule has 1 heterocycles. The first-order chi connectivity index (χ1) is 13.2. The van der Waals surface area contributed by atoms with Crippen molar-refractivity contribution >= 4 is 23.2 Å². The summed E-state index contributed by atoms with van der Waals surface area (Å²) in [5, 5.41) is 6.63. The van der Waals surface area contributed by atoms with E-state index in [0.717, 1.165) is 17.7 Å². The van der Waals surface area contributed by atoms with Gasteiger partial charge in [-0.25, -0.2) is 9.67 Å². The summed E-state index contributed by atoms with van der Waals surface area (Å²) in [6.45, 7) is 1.40. The van der Waals surface area contributed by atoms with Gasteiger partial charge < -0.3 is 10.1 Å². The first-order valence-corrected chi connectivity index (χ1v) is 8.37. The minimum atomic E-state index is -4.56. The Morgan fingerprint density at radius 1 is 1.25 bits per heavy atom. The highest BCUT2D eigenvalue weighted by atomic mass is 35.5. The number of nitrogens with zero attached hydrogens (tertiary/aromatic N) is 3. The summed E-state index contributed by atoms with van der Waals surface area (Å²) >= 11 is 6.00. The van der Waals surface area contributed by atoms with Gasteiger partial charge in [0.2, 0.25) is 0 Å². The minimum absolute atomic E-state index is 0.0794. The molecule has 0 bridgehead atoms. The lowest BCUT2D eigenvalue weighted by Gasteiger charge is -2.15. The monoisotopic (exact) mass is 410 g/mol. The summed E-state index contributed by atoms with van der Waals surface area (Å²) in [6.07, 6.45) is -2.03. The highest BCUT2D eigenvalue weighted by molar-refractivity contribution is 6.32. The first kappa shape index (κ1) is 19.7. The normalized spacial score (nSPS) is 11.3. The molecular weight excluding hydrogens is 397 g/mol. The third-order valence-corrected chi connectivity index (χ3v) is 4.02. The molecule has 0 spiro atoms. The molecule has 0 aliphatic heterocycles. The van der Waals surface area contributed by atoms with Crippen LogP contribution in [-0.2, 0) is 11.0 Å². The molecule has 1 aromatic heterocycles. The predicted molar refractivity (Wildman–Crippen MR) is 96.7 cm³/mol. The van der Waals surface area contributed by atoms with Crippen LogP contribution in [0.3, 0.4) is 0 Å². The van der Waals surface area contributed by atoms with Gasteiger partial charge in [-0.2, -0.15) is 18.3 Å². The molecule has 3 rings (SSSR count). The molecule has 0 saturated carbocycles. The number of aromatic nitrogens is 3. The van der Waals surface area contributed by atoms with E-state index in [2.05, 4.69) is 15.4 Å². The minimum Gasteiger partial charge on any atom is -0.482 e. The number of aryl methyl sites for hydroxylation is 1. The second-order valence-corrected chi connectivity index (χ2v) is 6.25. The van der Waals surface area contributed by atoms with Crippen molar-refractivity contribution in [3.63, 3.8) is 0 Å². The molecule has 146 valence electrons. The van der Waals surface area contributed by atoms with Gasteiger partial charge in [0, 0.05) is 0 Å². The fourth-order valence-electron chi connectivity index (χ4n) is 2.40. The highest BCUT2D eigenvalue weighted by Gasteiger charge is 2.31. The quantitative estimate of drug-likeness (QED) is 0.682. The number of benzene rings is 2. The van der Waals surface area contributed by atoms with Gasteiger partial charge in [-0.1, -0.05) is 17.7 Å². The maximum Gasteiger partial charge on any atom is 0.416 e. The van der Waals surface area contributed by atoms with Crippen LogP contribution < -0.4 is 10.1 Å². The Bertz CT molecular complexity index is 991. The van der Waals surface area contributed by atoms with Crippen LogP contribution in [0.5, 0.6) is 5.75 Å². The van der Waals surface area contributed by atoms with Gasteiger partial charge in [-0.3, -0.25) is 4.79 Å². The van der Waals surface area contributed by atoms with E-state index < -0.39 is 24.3 Å². The Hall–Kier alpha value is -3.07. The van der Waals surface area contributed by atoms with E-state index in [-0.39, 0.29) is 11.4 Å². The molecule has 3 aromatic rings. The summed E-state index contributed by atoms with van der Waals surface area (Å²) < 4.78 is 45.8. The smallest absolute Gasteiger partial charge is 0.416 e. The van der Waals surface area contributed by atoms with Crippen molar-refractivity contribution in [1.29, 1.82) is 0 Å². The average Bonchev–Trinajstić information content (AvgIpc) is 3.16. The summed E-state index contributed by atoms with van der Waals surface area (Å²) in [7, 11) is 0. The molecule has 0 fully saturated rings. The molecule has 28 heavy (non-hydrogen) atoms. The van der Waals surface area contributed by atoms with Crippen molar-refractivity contribution in [1.82, 2.24) is 14.8 Å². The maximum absolute atomic E-state index is 13.0. The Kier molecular flexibility index (Phi) is 5.55. The lowest BCUT2D eigenvalue weighted by Crippen LogP contribution is -2.22. The number of ether oxygens (including phenoxy) is 1. The lowest BCUT2D eigenvalue weighted by atomic mass is 10.1. The Morgan fingerprint density at radius 2 is 2.04 bits per heavy atom. The van der Waals surface area contributed by atoms with E-state index in [0.29, 0.717) is 10.8 Å². The number of amides is 1. The third-order valence-electron chi connectivity index (χ3n) is 3.71. The SMILES string of the molecule is Cc1ccc(Cl)c(OCC(=O)Nc2cc(C(F)(F)F)ccc2-n2cncn2)c1. The number of carbonyl (C=O) groups excluding carboxylic acids is 1. The Morgan fingerprint density at radius 3 is 2.71 bits per heavy atom. The van der Waals surface area contributed by atoms with Crippen molar-refractivity contribution in [3.8, 4) is 11.4 Å². The van der Waals surface area contributed by atoms with Crippen LogP contribution in [0.1, 0.15) is 11.1 Å². The lowest BCUT2D eigenvalue weighted by molar-refractivity contribution is -0.137. The summed E-state index contributed by atoms with van der Waals surface area (Å²) in [6, 6.07) is 7.98. The van der Waals surface area contributed by atoms with E-state index in [4.69, 9.17) is 16.3 Å². The Labute approximate surface area is 162 Å². The van der Waals surface area contributed by atoms with E-state index in [9.17, 15) is 18.0 Å². The summed E-state index contributed by atoms with van der Waals surface area (Å²) in [5.41, 5.74) is 0.122. The standard InChI is InChI=1S/C18H14ClF3N4O2/c1-11-2-4-13(19)16(6-11)28-8-17(27)25-14-7-12(18(20,21)22)3-5-15(14)26-10-23-9-24-26/h2-7,9-10H,8H2,1H3,(H,25,27). The van der Waals surface area contributed by atoms with Gasteiger partial charge >= 0.3 is 6.18 Å². The van der Waals surface area contributed by atoms with Crippen LogP contribution in [0, 0.1) is 6.92 Å². The number of hydrogen-bond acceptors (Lipinski definition) is 4. The van der Waals surface area contributed by atoms with Crippen molar-refractivity contribution in [2.75, 3.05) is 11.9 Å². The van der Waals surface area contributed by atoms with Crippen LogP contribution in [0.15, 0.2) is 49.1 Å². The zero-order valence-electron chi connectivity index (χ0n) is 14.5. The van der Waals surface area contributed by atoms with Gasteiger partial charge in [0.15, 0.2) is 6.61 Å². The molecule has 0 aliphatic rings. The van der Waals surface area contributed by atoms with E-state index in [1.54, 1.807) is 18.2 Å². The molecule has 1 amide bonds. The van der Waals surface area contributed by atoms with E-state index in [1.807, 2.05) is 6.92 Å². The molecule has 0 aliphatic carbocycles. The van der Waals surface area contributed by atoms with Gasteiger partial charge in [-0.15, -0.1) is 0 Å². The zero-order chi connectivity index (χ0) is 20.3. The Balaban J connectivity index is 1.81. The van der Waals surface area contributed by atoms with Gasteiger partial charge in [0.05, 0.1) is 22.0 Å². The third kappa shape index (κ3) is 4.61. The van der Waals surface area contributed by atoms with Crippen LogP contribution in [0.2, 0.25) is 5.02 Å². The number of nitrogens with one attached hydrogen (secondary N) is 1. The van der Waals surface area contributed by atoms with Gasteiger partial charge in [-0.05, 0) is 42.8 Å². The highest BCUT2D eigenvalue weighted by Crippen LogP contribution is 2.33. The second kappa shape index (κ2) is 7.89. The van der Waals surface area contributed by atoms with Gasteiger partial charge in [0.25, 0.3) is 5.91 Å². The van der Waals surface area contributed by atoms with Crippen molar-refractivity contribution < 1.29 is 22.7 Å². The largest absolute Gasteiger partial charge is 0.482 e. The van der Waals surface area contributed by atoms with Crippen molar-refractivity contribution in [2.24, 2.45) is 0 Å². The van der Waals surface area contributed by atoms with Crippen LogP contribution in [0.4, 0.5) is 18.9 Å². The molecular formula is C18H14ClF3N4O2. The number of carbonyl (C=O) groups is 1. The number of halogens is 4. The average molecular weight is 411 g/mol. The van der Waals surface area contributed by atoms with E-state index in [1.165, 1.54) is 23.4 Å². The number of rotatable bonds is 5. The fraction of sp³-hybridized carbons (Fsp3) is 0.167. The van der Waals surface area contributed by atoms with Crippen molar-refractivity contribution in [3.05, 3.63) is 65.2 Å². The summed E-state index contributed by atoms with van der Waals surface area (Å²) in [4.78, 5) is 16.0. The predicted octanol–water partition coefficient (Wildman–Crippen LogP) is 4.27. The molecule has 1 N–H and O–H groups in total. The molecule has 2 aromatic carbocycles. The molecule has 10 heteroatoms. The maximum atomic E-state index is 13.0. The fourth-order valence-corrected chi connectivity index (χ4v) is 2.57. The van der Waals surface area contributed by atoms with Crippen LogP contribution in [0.25, 0.3) is 5.69 Å². The molecule has 0 radical (unpaired) electrons. The van der Waals surface area contributed by atoms with E-state index >= 15 is 0 Å². The van der Waals surface area contributed by atoms with Crippen LogP contribution in [-0.4, -0.2) is 27.3 Å². The molecule has 0 unspecified atom stereocenters. The van der Waals surface area contributed by atoms with Crippen molar-refractivity contribution in [2.45, 2.75) is 13.1 Å². The van der Waals surface area contributed by atoms with Gasteiger partial charge in [0.1, 0.15) is 18.4 Å². The number of hydrogen-bond donors (Lipinski definition) is 1. The molecule has 6 nitrogen and oxygen atoms in total. The molecule has 0 atom stereocenters. The zero-order valence-corrected chi connectivity index (χ0v) is 15.3. The number of anilines is 1. The second-order valence-electron chi connectivity index (χ2n) is 5.84. The first-order valence-electron chi connectivity index (χ1n) is 7.99. The number of alkyl halides is 3. The topological polar surface area (TPSA) is 69.0 Å². The molecule has 0 saturated heterocycles. The van der Waals surface area contributed by atoms with Crippen LogP contribution >= 0.6 is 11.6 Å². The summed E-state index contributed by atoms with van der Waals surface area (Å²) in [5.74, 6) is -0.351.